The van der Waals surface area contributed by atoms with Crippen molar-refractivity contribution in [1.29, 1.82) is 0 Å². The topological polar surface area (TPSA) is 109 Å². The molecule has 0 saturated heterocycles. The van der Waals surface area contributed by atoms with Gasteiger partial charge in [-0.25, -0.2) is 23.5 Å². The number of halogens is 1. The first-order valence-electron chi connectivity index (χ1n) is 7.86. The highest BCUT2D eigenvalue weighted by molar-refractivity contribution is 14.0. The molecule has 0 bridgehead atoms. The van der Waals surface area contributed by atoms with E-state index in [1.807, 2.05) is 13.8 Å². The molecule has 0 aliphatic carbocycles. The zero-order chi connectivity index (χ0) is 18.4. The quantitative estimate of drug-likeness (QED) is 0.315. The number of thiazole rings is 1. The first kappa shape index (κ1) is 22.8. The molecule has 0 atom stereocenters. The van der Waals surface area contributed by atoms with Crippen LogP contribution in [-0.4, -0.2) is 25.9 Å². The van der Waals surface area contributed by atoms with Gasteiger partial charge in [0.1, 0.15) is 5.01 Å². The molecule has 10 heteroatoms. The zero-order valence-electron chi connectivity index (χ0n) is 14.9. The Balaban J connectivity index is 0.00000338. The number of nitrogens with two attached hydrogens (primary N) is 1. The fourth-order valence-corrected chi connectivity index (χ4v) is 3.46. The van der Waals surface area contributed by atoms with Gasteiger partial charge >= 0.3 is 0 Å². The molecule has 0 aliphatic rings. The van der Waals surface area contributed by atoms with Crippen LogP contribution >= 0.6 is 35.3 Å². The van der Waals surface area contributed by atoms with Gasteiger partial charge < -0.3 is 10.6 Å². The molecule has 2 rings (SSSR count). The molecule has 0 fully saturated rings. The van der Waals surface area contributed by atoms with Gasteiger partial charge in [-0.15, -0.1) is 35.3 Å². The maximum absolute atomic E-state index is 11.3. The van der Waals surface area contributed by atoms with Crippen LogP contribution in [0.3, 0.4) is 0 Å². The summed E-state index contributed by atoms with van der Waals surface area (Å²) in [7, 11) is -3.67. The van der Waals surface area contributed by atoms with E-state index in [1.165, 1.54) is 17.0 Å². The highest BCUT2D eigenvalue weighted by Crippen LogP contribution is 2.16. The summed E-state index contributed by atoms with van der Waals surface area (Å²) < 4.78 is 22.5. The minimum Gasteiger partial charge on any atom is -0.357 e. The number of rotatable bonds is 6. The second-order valence-corrected chi connectivity index (χ2v) is 8.34. The fraction of sp³-hybridized carbons (Fsp3) is 0.375. The molecule has 0 radical (unpaired) electrons. The maximum atomic E-state index is 11.3. The maximum Gasteiger partial charge on any atom is 0.238 e. The lowest BCUT2D eigenvalue weighted by atomic mass is 10.2. The third-order valence-corrected chi connectivity index (χ3v) is 5.50. The Morgan fingerprint density at radius 3 is 2.38 bits per heavy atom. The second kappa shape index (κ2) is 10.2. The number of benzene rings is 1. The molecule has 2 aromatic rings. The second-order valence-electron chi connectivity index (χ2n) is 5.49. The third kappa shape index (κ3) is 6.82. The number of sulfonamides is 1. The van der Waals surface area contributed by atoms with Crippen molar-refractivity contribution < 1.29 is 8.42 Å². The van der Waals surface area contributed by atoms with E-state index in [2.05, 4.69) is 27.5 Å². The van der Waals surface area contributed by atoms with Crippen LogP contribution in [0.5, 0.6) is 0 Å². The van der Waals surface area contributed by atoms with E-state index in [1.54, 1.807) is 23.5 Å². The van der Waals surface area contributed by atoms with Gasteiger partial charge in [0.2, 0.25) is 10.0 Å². The van der Waals surface area contributed by atoms with E-state index >= 15 is 0 Å². The molecule has 1 heterocycles. The van der Waals surface area contributed by atoms with Crippen molar-refractivity contribution in [3.63, 3.8) is 0 Å². The number of nitrogens with zero attached hydrogens (tertiary/aromatic N) is 2. The van der Waals surface area contributed by atoms with Gasteiger partial charge in [0, 0.05) is 11.4 Å². The molecular formula is C16H24IN5O2S2. The highest BCUT2D eigenvalue weighted by atomic mass is 127. The standard InChI is InChI=1S/C16H23N5O2S2.HI/c1-4-18-16(20-10-15-21-11(2)12(3)24-15)19-9-13-5-7-14(8-6-13)25(17,22)23;/h5-8H,4,9-10H2,1-3H3,(H2,17,22,23)(H2,18,19,20);1H. The van der Waals surface area contributed by atoms with Crippen molar-refractivity contribution in [3.05, 3.63) is 45.4 Å². The van der Waals surface area contributed by atoms with Gasteiger partial charge in [-0.2, -0.15) is 0 Å². The van der Waals surface area contributed by atoms with Crippen molar-refractivity contribution >= 4 is 51.3 Å². The first-order valence-corrected chi connectivity index (χ1v) is 10.2. The summed E-state index contributed by atoms with van der Waals surface area (Å²) in [5, 5.41) is 12.5. The smallest absolute Gasteiger partial charge is 0.238 e. The van der Waals surface area contributed by atoms with Crippen LogP contribution in [0.15, 0.2) is 34.2 Å². The van der Waals surface area contributed by atoms with E-state index in [0.717, 1.165) is 22.8 Å². The summed E-state index contributed by atoms with van der Waals surface area (Å²) in [5.41, 5.74) is 1.95. The normalized spacial score (nSPS) is 11.8. The van der Waals surface area contributed by atoms with Crippen LogP contribution in [0.2, 0.25) is 0 Å². The van der Waals surface area contributed by atoms with Crippen LogP contribution in [0.25, 0.3) is 0 Å². The van der Waals surface area contributed by atoms with Crippen LogP contribution in [-0.2, 0) is 23.1 Å². The number of nitrogens with one attached hydrogen (secondary N) is 2. The van der Waals surface area contributed by atoms with Crippen LogP contribution in [0, 0.1) is 13.8 Å². The molecular weight excluding hydrogens is 485 g/mol. The van der Waals surface area contributed by atoms with Gasteiger partial charge in [-0.1, -0.05) is 12.1 Å². The van der Waals surface area contributed by atoms with Crippen LogP contribution in [0.1, 0.15) is 28.1 Å². The largest absolute Gasteiger partial charge is 0.357 e. The Bertz CT molecular complexity index is 829. The Morgan fingerprint density at radius 2 is 1.88 bits per heavy atom. The number of aryl methyl sites for hydroxylation is 2. The Kier molecular flexibility index (Phi) is 8.93. The zero-order valence-corrected chi connectivity index (χ0v) is 18.9. The number of hydrogen-bond donors (Lipinski definition) is 3. The van der Waals surface area contributed by atoms with Gasteiger partial charge in [0.25, 0.3) is 0 Å². The van der Waals surface area contributed by atoms with Gasteiger partial charge in [-0.3, -0.25) is 0 Å². The van der Waals surface area contributed by atoms with Crippen molar-refractivity contribution in [1.82, 2.24) is 15.6 Å². The summed E-state index contributed by atoms with van der Waals surface area (Å²) in [4.78, 5) is 10.3. The van der Waals surface area contributed by atoms with Gasteiger partial charge in [0.15, 0.2) is 5.96 Å². The average Bonchev–Trinajstić information content (AvgIpc) is 2.88. The van der Waals surface area contributed by atoms with E-state index in [4.69, 9.17) is 5.14 Å². The molecule has 144 valence electrons. The molecule has 0 amide bonds. The number of guanidine groups is 1. The number of aliphatic imine (C=N–C) groups is 1. The number of aromatic nitrogens is 1. The number of primary sulfonamides is 1. The van der Waals surface area contributed by atoms with E-state index in [0.29, 0.717) is 19.0 Å². The minimum atomic E-state index is -3.67. The molecule has 1 aromatic heterocycles. The molecule has 26 heavy (non-hydrogen) atoms. The summed E-state index contributed by atoms with van der Waals surface area (Å²) in [5.74, 6) is 0.684. The Morgan fingerprint density at radius 1 is 1.23 bits per heavy atom. The van der Waals surface area contributed by atoms with Crippen LogP contribution in [0.4, 0.5) is 0 Å². The third-order valence-electron chi connectivity index (χ3n) is 3.50. The SMILES string of the molecule is CCNC(=NCc1ccc(S(N)(=O)=O)cc1)NCc1nc(C)c(C)s1.I. The summed E-state index contributed by atoms with van der Waals surface area (Å²) in [6, 6.07) is 6.39. The fourth-order valence-electron chi connectivity index (χ4n) is 2.07. The molecule has 1 aromatic carbocycles. The van der Waals surface area contributed by atoms with Crippen molar-refractivity contribution in [3.8, 4) is 0 Å². The summed E-state index contributed by atoms with van der Waals surface area (Å²) >= 11 is 1.67. The van der Waals surface area contributed by atoms with Gasteiger partial charge in [0.05, 0.1) is 23.7 Å². The Hall–Kier alpha value is -1.24. The predicted octanol–water partition coefficient (Wildman–Crippen LogP) is 2.28. The lowest BCUT2D eigenvalue weighted by Gasteiger charge is -2.10. The van der Waals surface area contributed by atoms with E-state index < -0.39 is 10.0 Å². The highest BCUT2D eigenvalue weighted by Gasteiger charge is 2.07. The summed E-state index contributed by atoms with van der Waals surface area (Å²) in [6.45, 7) is 7.83. The predicted molar refractivity (Wildman–Crippen MR) is 116 cm³/mol. The first-order chi connectivity index (χ1) is 11.8. The average molecular weight is 509 g/mol. The molecule has 0 unspecified atom stereocenters. The van der Waals surface area contributed by atoms with Crippen molar-refractivity contribution in [2.75, 3.05) is 6.54 Å². The molecule has 0 spiro atoms. The molecule has 4 N–H and O–H groups in total. The number of hydrogen-bond acceptors (Lipinski definition) is 5. The minimum absolute atomic E-state index is 0. The van der Waals surface area contributed by atoms with Gasteiger partial charge in [-0.05, 0) is 38.5 Å². The lowest BCUT2D eigenvalue weighted by Crippen LogP contribution is -2.36. The molecule has 0 aliphatic heterocycles. The summed E-state index contributed by atoms with van der Waals surface area (Å²) in [6.07, 6.45) is 0. The van der Waals surface area contributed by atoms with Crippen molar-refractivity contribution in [2.45, 2.75) is 38.8 Å². The van der Waals surface area contributed by atoms with E-state index in [9.17, 15) is 8.42 Å². The molecule has 0 saturated carbocycles. The Labute approximate surface area is 175 Å². The van der Waals surface area contributed by atoms with E-state index in [-0.39, 0.29) is 28.9 Å². The monoisotopic (exact) mass is 509 g/mol. The van der Waals surface area contributed by atoms with Crippen LogP contribution < -0.4 is 15.8 Å². The van der Waals surface area contributed by atoms with Crippen molar-refractivity contribution in [2.24, 2.45) is 10.1 Å². The lowest BCUT2D eigenvalue weighted by molar-refractivity contribution is 0.598. The molecule has 7 nitrogen and oxygen atoms in total.